The summed E-state index contributed by atoms with van der Waals surface area (Å²) >= 11 is 1.55. The minimum Gasteiger partial charge on any atom is -0.460 e. The van der Waals surface area contributed by atoms with Gasteiger partial charge in [0.1, 0.15) is 25.4 Å². The number of nitro groups is 1. The fraction of sp³-hybridized carbons (Fsp3) is 0.688. The number of rotatable bonds is 6. The molecular weight excluding hydrogens is 360 g/mol. The van der Waals surface area contributed by atoms with E-state index >= 15 is 0 Å². The van der Waals surface area contributed by atoms with E-state index in [-0.39, 0.29) is 30.8 Å². The van der Waals surface area contributed by atoms with Gasteiger partial charge in [-0.2, -0.15) is 0 Å². The standard InChI is InChI=1S/C16H22N4O5S/c1-11-17-8-14(20(23)24)18(11)6-7-25-16(22)13-9-26-10-19(13)15(21)12-4-2-3-5-12/h8,12-13H,2-7,9-10H2,1H3/t13-/m0/s1. The summed E-state index contributed by atoms with van der Waals surface area (Å²) in [5.41, 5.74) is 0. The largest absolute Gasteiger partial charge is 0.460 e. The quantitative estimate of drug-likeness (QED) is 0.419. The molecule has 2 heterocycles. The average molecular weight is 382 g/mol. The summed E-state index contributed by atoms with van der Waals surface area (Å²) in [6.07, 6.45) is 5.11. The van der Waals surface area contributed by atoms with Crippen LogP contribution in [-0.2, 0) is 20.9 Å². The summed E-state index contributed by atoms with van der Waals surface area (Å²) < 4.78 is 6.72. The molecule has 0 spiro atoms. The van der Waals surface area contributed by atoms with Crippen LogP contribution in [0.3, 0.4) is 0 Å². The van der Waals surface area contributed by atoms with Gasteiger partial charge < -0.3 is 19.8 Å². The second-order valence-corrected chi connectivity index (χ2v) is 7.54. The predicted octanol–water partition coefficient (Wildman–Crippen LogP) is 1.73. The van der Waals surface area contributed by atoms with Crippen LogP contribution in [0.5, 0.6) is 0 Å². The van der Waals surface area contributed by atoms with E-state index in [1.807, 2.05) is 0 Å². The third-order valence-electron chi connectivity index (χ3n) is 4.92. The van der Waals surface area contributed by atoms with Crippen molar-refractivity contribution in [2.75, 3.05) is 18.2 Å². The SMILES string of the molecule is Cc1ncc([N+](=O)[O-])n1CCOC(=O)[C@@H]1CSCN1C(=O)C1CCCC1. The number of esters is 1. The molecule has 3 rings (SSSR count). The Hall–Kier alpha value is -2.10. The highest BCUT2D eigenvalue weighted by Gasteiger charge is 2.39. The smallest absolute Gasteiger partial charge is 0.342 e. The van der Waals surface area contributed by atoms with Crippen molar-refractivity contribution in [3.05, 3.63) is 22.1 Å². The molecule has 1 saturated heterocycles. The van der Waals surface area contributed by atoms with Crippen LogP contribution in [0.4, 0.5) is 5.82 Å². The van der Waals surface area contributed by atoms with Gasteiger partial charge in [-0.1, -0.05) is 12.8 Å². The Balaban J connectivity index is 1.55. The molecule has 2 aliphatic rings. The van der Waals surface area contributed by atoms with Gasteiger partial charge in [-0.15, -0.1) is 11.8 Å². The third kappa shape index (κ3) is 3.84. The number of hydrogen-bond donors (Lipinski definition) is 0. The van der Waals surface area contributed by atoms with Crippen LogP contribution in [-0.4, -0.2) is 55.5 Å². The number of amides is 1. The predicted molar refractivity (Wildman–Crippen MR) is 94.5 cm³/mol. The van der Waals surface area contributed by atoms with E-state index in [2.05, 4.69) is 4.98 Å². The van der Waals surface area contributed by atoms with Gasteiger partial charge in [0.15, 0.2) is 5.82 Å². The van der Waals surface area contributed by atoms with Crippen LogP contribution in [0.15, 0.2) is 6.20 Å². The first-order valence-corrected chi connectivity index (χ1v) is 9.86. The first-order valence-electron chi connectivity index (χ1n) is 8.70. The monoisotopic (exact) mass is 382 g/mol. The van der Waals surface area contributed by atoms with E-state index < -0.39 is 16.9 Å². The molecule has 1 aliphatic heterocycles. The molecule has 142 valence electrons. The Bertz CT molecular complexity index is 701. The van der Waals surface area contributed by atoms with Crippen LogP contribution in [0.1, 0.15) is 31.5 Å². The molecule has 0 bridgehead atoms. The number of carbonyl (C=O) groups excluding carboxylic acids is 2. The van der Waals surface area contributed by atoms with Crippen LogP contribution in [0.25, 0.3) is 0 Å². The molecule has 26 heavy (non-hydrogen) atoms. The number of carbonyl (C=O) groups is 2. The van der Waals surface area contributed by atoms with Crippen molar-refractivity contribution in [2.24, 2.45) is 5.92 Å². The second kappa shape index (κ2) is 8.07. The van der Waals surface area contributed by atoms with Crippen molar-refractivity contribution in [1.29, 1.82) is 0 Å². The van der Waals surface area contributed by atoms with Gasteiger partial charge in [0.05, 0.1) is 5.88 Å². The highest BCUT2D eigenvalue weighted by Crippen LogP contribution is 2.31. The van der Waals surface area contributed by atoms with Gasteiger partial charge in [-0.3, -0.25) is 4.79 Å². The van der Waals surface area contributed by atoms with Gasteiger partial charge in [0.2, 0.25) is 5.91 Å². The topological polar surface area (TPSA) is 108 Å². The fourth-order valence-corrected chi connectivity index (χ4v) is 4.62. The van der Waals surface area contributed by atoms with E-state index in [0.717, 1.165) is 25.7 Å². The zero-order valence-corrected chi connectivity index (χ0v) is 15.4. The lowest BCUT2D eigenvalue weighted by Crippen LogP contribution is -2.45. The molecule has 9 nitrogen and oxygen atoms in total. The summed E-state index contributed by atoms with van der Waals surface area (Å²) in [5.74, 6) is 1.04. The highest BCUT2D eigenvalue weighted by atomic mass is 32.2. The molecule has 0 unspecified atom stereocenters. The molecule has 10 heteroatoms. The normalized spacial score (nSPS) is 20.5. The second-order valence-electron chi connectivity index (χ2n) is 6.54. The highest BCUT2D eigenvalue weighted by molar-refractivity contribution is 7.99. The molecule has 1 amide bonds. The molecule has 1 aromatic rings. The first kappa shape index (κ1) is 18.7. The van der Waals surface area contributed by atoms with Gasteiger partial charge in [0, 0.05) is 18.6 Å². The summed E-state index contributed by atoms with van der Waals surface area (Å²) in [4.78, 5) is 41.0. The summed E-state index contributed by atoms with van der Waals surface area (Å²) in [5, 5.41) is 11.0. The van der Waals surface area contributed by atoms with Gasteiger partial charge in [-0.05, 0) is 17.8 Å². The first-order chi connectivity index (χ1) is 12.5. The zero-order chi connectivity index (χ0) is 18.7. The number of hydrogen-bond acceptors (Lipinski definition) is 7. The van der Waals surface area contributed by atoms with Crippen LogP contribution in [0, 0.1) is 23.0 Å². The molecule has 2 fully saturated rings. The van der Waals surface area contributed by atoms with Gasteiger partial charge >= 0.3 is 11.8 Å². The van der Waals surface area contributed by atoms with Gasteiger partial charge in [-0.25, -0.2) is 14.3 Å². The van der Waals surface area contributed by atoms with Crippen LogP contribution >= 0.6 is 11.8 Å². The third-order valence-corrected chi connectivity index (χ3v) is 5.93. The minimum atomic E-state index is -0.563. The van der Waals surface area contributed by atoms with Crippen molar-refractivity contribution in [3.8, 4) is 0 Å². The van der Waals surface area contributed by atoms with E-state index in [1.165, 1.54) is 10.8 Å². The van der Waals surface area contributed by atoms with E-state index in [1.54, 1.807) is 23.6 Å². The average Bonchev–Trinajstić information content (AvgIpc) is 3.35. The Kier molecular flexibility index (Phi) is 5.80. The van der Waals surface area contributed by atoms with Crippen molar-refractivity contribution >= 4 is 29.5 Å². The number of aryl methyl sites for hydroxylation is 1. The lowest BCUT2D eigenvalue weighted by atomic mass is 10.1. The zero-order valence-electron chi connectivity index (χ0n) is 14.6. The molecule has 1 atom stereocenters. The maximum Gasteiger partial charge on any atom is 0.342 e. The maximum absolute atomic E-state index is 12.6. The molecule has 0 aromatic carbocycles. The molecule has 0 N–H and O–H groups in total. The minimum absolute atomic E-state index is 0.00347. The Morgan fingerprint density at radius 2 is 2.15 bits per heavy atom. The molecule has 1 saturated carbocycles. The van der Waals surface area contributed by atoms with Crippen molar-refractivity contribution in [2.45, 2.75) is 45.2 Å². The van der Waals surface area contributed by atoms with E-state index in [9.17, 15) is 19.7 Å². The van der Waals surface area contributed by atoms with E-state index in [4.69, 9.17) is 4.74 Å². The van der Waals surface area contributed by atoms with Crippen LogP contribution < -0.4 is 0 Å². The summed E-state index contributed by atoms with van der Waals surface area (Å²) in [7, 11) is 0. The molecular formula is C16H22N4O5S. The number of aromatic nitrogens is 2. The maximum atomic E-state index is 12.6. The van der Waals surface area contributed by atoms with Gasteiger partial charge in [0.25, 0.3) is 0 Å². The van der Waals surface area contributed by atoms with Crippen LogP contribution in [0.2, 0.25) is 0 Å². The van der Waals surface area contributed by atoms with Crippen molar-refractivity contribution in [1.82, 2.24) is 14.5 Å². The number of imidazole rings is 1. The number of thioether (sulfide) groups is 1. The Morgan fingerprint density at radius 1 is 1.42 bits per heavy atom. The van der Waals surface area contributed by atoms with E-state index in [0.29, 0.717) is 17.5 Å². The summed E-state index contributed by atoms with van der Waals surface area (Å²) in [6, 6.07) is -0.563. The lowest BCUT2D eigenvalue weighted by Gasteiger charge is -2.25. The fourth-order valence-electron chi connectivity index (χ4n) is 3.47. The summed E-state index contributed by atoms with van der Waals surface area (Å²) in [6.45, 7) is 1.82. The molecule has 0 radical (unpaired) electrons. The molecule has 1 aliphatic carbocycles. The lowest BCUT2D eigenvalue weighted by molar-refractivity contribution is -0.392. The van der Waals surface area contributed by atoms with Crippen molar-refractivity contribution in [3.63, 3.8) is 0 Å². The molecule has 1 aromatic heterocycles. The number of nitrogens with zero attached hydrogens (tertiary/aromatic N) is 4. The Morgan fingerprint density at radius 3 is 2.85 bits per heavy atom. The Labute approximate surface area is 155 Å². The van der Waals surface area contributed by atoms with Crippen molar-refractivity contribution < 1.29 is 19.2 Å². The number of ether oxygens (including phenoxy) is 1.